The van der Waals surface area contributed by atoms with Crippen molar-refractivity contribution in [1.82, 2.24) is 4.57 Å². The maximum atomic E-state index is 10.8. The van der Waals surface area contributed by atoms with Crippen molar-refractivity contribution in [3.05, 3.63) is 139 Å². The molecule has 3 heteroatoms. The third-order valence-electron chi connectivity index (χ3n) is 7.87. The van der Waals surface area contributed by atoms with E-state index in [1.165, 1.54) is 0 Å². The van der Waals surface area contributed by atoms with Gasteiger partial charge in [0, 0.05) is 32.7 Å². The second-order valence-electron chi connectivity index (χ2n) is 10.0. The SMILES string of the molecule is N#Cc1c(-c2ccccc2)ccc(-c2ccc3oc4ccccc4c3c2)c1-n1c2ccccc2c2ccccc21. The Balaban J connectivity index is 1.52. The van der Waals surface area contributed by atoms with Gasteiger partial charge >= 0.3 is 0 Å². The number of fused-ring (bicyclic) bond motifs is 6. The van der Waals surface area contributed by atoms with Gasteiger partial charge in [0.25, 0.3) is 0 Å². The van der Waals surface area contributed by atoms with Gasteiger partial charge in [-0.2, -0.15) is 5.26 Å². The lowest BCUT2D eigenvalue weighted by molar-refractivity contribution is 0.669. The predicted molar refractivity (Wildman–Crippen MR) is 164 cm³/mol. The topological polar surface area (TPSA) is 41.9 Å². The van der Waals surface area contributed by atoms with E-state index in [-0.39, 0.29) is 0 Å². The average Bonchev–Trinajstić information content (AvgIpc) is 3.56. The quantitative estimate of drug-likeness (QED) is 0.237. The number of nitriles is 1. The molecule has 6 aromatic carbocycles. The van der Waals surface area contributed by atoms with Crippen LogP contribution in [-0.4, -0.2) is 4.57 Å². The minimum absolute atomic E-state index is 0.646. The Labute approximate surface area is 230 Å². The fourth-order valence-corrected chi connectivity index (χ4v) is 6.08. The molecule has 0 aliphatic heterocycles. The zero-order chi connectivity index (χ0) is 26.6. The van der Waals surface area contributed by atoms with Crippen LogP contribution in [0.25, 0.3) is 71.7 Å². The summed E-state index contributed by atoms with van der Waals surface area (Å²) in [5.41, 5.74) is 9.35. The van der Waals surface area contributed by atoms with E-state index < -0.39 is 0 Å². The van der Waals surface area contributed by atoms with Gasteiger partial charge in [0.05, 0.1) is 22.3 Å². The van der Waals surface area contributed by atoms with Gasteiger partial charge in [0.1, 0.15) is 17.2 Å². The van der Waals surface area contributed by atoms with E-state index in [2.05, 4.69) is 102 Å². The third kappa shape index (κ3) is 3.24. The first-order chi connectivity index (χ1) is 19.8. The van der Waals surface area contributed by atoms with E-state index in [4.69, 9.17) is 4.42 Å². The second kappa shape index (κ2) is 8.73. The molecule has 0 spiro atoms. The molecule has 3 nitrogen and oxygen atoms in total. The number of rotatable bonds is 3. The zero-order valence-corrected chi connectivity index (χ0v) is 21.5. The Morgan fingerprint density at radius 3 is 1.82 bits per heavy atom. The fraction of sp³-hybridized carbons (Fsp3) is 0. The highest BCUT2D eigenvalue weighted by atomic mass is 16.3. The molecule has 0 aliphatic rings. The molecule has 0 N–H and O–H groups in total. The molecular weight excluding hydrogens is 488 g/mol. The molecule has 186 valence electrons. The highest BCUT2D eigenvalue weighted by molar-refractivity contribution is 6.11. The van der Waals surface area contributed by atoms with E-state index in [9.17, 15) is 5.26 Å². The summed E-state index contributed by atoms with van der Waals surface area (Å²) in [7, 11) is 0. The summed E-state index contributed by atoms with van der Waals surface area (Å²) in [6.07, 6.45) is 0. The maximum absolute atomic E-state index is 10.8. The first kappa shape index (κ1) is 22.4. The first-order valence-electron chi connectivity index (χ1n) is 13.3. The number of nitrogens with zero attached hydrogens (tertiary/aromatic N) is 2. The first-order valence-corrected chi connectivity index (χ1v) is 13.3. The van der Waals surface area contributed by atoms with Crippen LogP contribution in [0.1, 0.15) is 5.56 Å². The molecule has 2 aromatic heterocycles. The maximum Gasteiger partial charge on any atom is 0.135 e. The summed E-state index contributed by atoms with van der Waals surface area (Å²) in [5.74, 6) is 0. The van der Waals surface area contributed by atoms with E-state index in [0.717, 1.165) is 71.7 Å². The molecule has 0 amide bonds. The van der Waals surface area contributed by atoms with Crippen LogP contribution in [0.4, 0.5) is 0 Å². The molecule has 0 radical (unpaired) electrons. The molecule has 0 bridgehead atoms. The van der Waals surface area contributed by atoms with Gasteiger partial charge in [-0.3, -0.25) is 0 Å². The minimum atomic E-state index is 0.646. The van der Waals surface area contributed by atoms with Gasteiger partial charge in [-0.1, -0.05) is 103 Å². The second-order valence-corrected chi connectivity index (χ2v) is 10.0. The van der Waals surface area contributed by atoms with Crippen LogP contribution in [0.5, 0.6) is 0 Å². The number of aromatic nitrogens is 1. The molecule has 0 saturated carbocycles. The van der Waals surface area contributed by atoms with E-state index in [0.29, 0.717) is 5.56 Å². The van der Waals surface area contributed by atoms with Crippen molar-refractivity contribution in [2.45, 2.75) is 0 Å². The predicted octanol–water partition coefficient (Wildman–Crippen LogP) is 9.89. The molecule has 0 atom stereocenters. The lowest BCUT2D eigenvalue weighted by atomic mass is 9.92. The summed E-state index contributed by atoms with van der Waals surface area (Å²) in [5, 5.41) is 15.2. The Morgan fingerprint density at radius 2 is 1.10 bits per heavy atom. The van der Waals surface area contributed by atoms with Crippen molar-refractivity contribution in [2.75, 3.05) is 0 Å². The molecular formula is C37H22N2O. The number of furan rings is 1. The highest BCUT2D eigenvalue weighted by Gasteiger charge is 2.22. The average molecular weight is 511 g/mol. The van der Waals surface area contributed by atoms with Gasteiger partial charge in [0.15, 0.2) is 0 Å². The number of hydrogen-bond acceptors (Lipinski definition) is 2. The summed E-state index contributed by atoms with van der Waals surface area (Å²) in [6, 6.07) is 48.3. The normalized spacial score (nSPS) is 11.5. The van der Waals surface area contributed by atoms with E-state index in [1.54, 1.807) is 0 Å². The summed E-state index contributed by atoms with van der Waals surface area (Å²) >= 11 is 0. The van der Waals surface area contributed by atoms with E-state index in [1.807, 2.05) is 42.5 Å². The third-order valence-corrected chi connectivity index (χ3v) is 7.87. The number of benzene rings is 6. The van der Waals surface area contributed by atoms with Crippen LogP contribution < -0.4 is 0 Å². The fourth-order valence-electron chi connectivity index (χ4n) is 6.08. The van der Waals surface area contributed by atoms with Crippen LogP contribution in [0.3, 0.4) is 0 Å². The summed E-state index contributed by atoms with van der Waals surface area (Å²) in [6.45, 7) is 0. The Bertz CT molecular complexity index is 2230. The molecule has 2 heterocycles. The lowest BCUT2D eigenvalue weighted by Gasteiger charge is -2.19. The van der Waals surface area contributed by atoms with Crippen LogP contribution in [0.15, 0.2) is 138 Å². The van der Waals surface area contributed by atoms with Gasteiger partial charge < -0.3 is 8.98 Å². The molecule has 8 rings (SSSR count). The monoisotopic (exact) mass is 510 g/mol. The standard InChI is InChI=1S/C37H22N2O/c38-23-32-26(24-10-2-1-3-11-24)19-20-27(25-18-21-36-31(22-25)30-14-6-9-17-35(30)40-36)37(32)39-33-15-7-4-12-28(33)29-13-5-8-16-34(29)39/h1-22H. The van der Waals surface area contributed by atoms with Crippen molar-refractivity contribution < 1.29 is 4.42 Å². The number of hydrogen-bond donors (Lipinski definition) is 0. The lowest BCUT2D eigenvalue weighted by Crippen LogP contribution is -2.03. The van der Waals surface area contributed by atoms with Crippen LogP contribution in [-0.2, 0) is 0 Å². The van der Waals surface area contributed by atoms with Crippen LogP contribution in [0, 0.1) is 11.3 Å². The Kier molecular flexibility index (Phi) is 4.89. The van der Waals surface area contributed by atoms with Crippen molar-refractivity contribution in [3.8, 4) is 34.0 Å². The minimum Gasteiger partial charge on any atom is -0.456 e. The molecule has 0 unspecified atom stereocenters. The smallest absolute Gasteiger partial charge is 0.135 e. The van der Waals surface area contributed by atoms with Gasteiger partial charge in [-0.05, 0) is 41.5 Å². The van der Waals surface area contributed by atoms with Gasteiger partial charge in [-0.25, -0.2) is 0 Å². The molecule has 0 fully saturated rings. The summed E-state index contributed by atoms with van der Waals surface area (Å²) in [4.78, 5) is 0. The Hall–Kier alpha value is -5.59. The Morgan fingerprint density at radius 1 is 0.500 bits per heavy atom. The van der Waals surface area contributed by atoms with Crippen molar-refractivity contribution >= 4 is 43.7 Å². The number of para-hydroxylation sites is 3. The highest BCUT2D eigenvalue weighted by Crippen LogP contribution is 2.42. The van der Waals surface area contributed by atoms with Gasteiger partial charge in [0.2, 0.25) is 0 Å². The van der Waals surface area contributed by atoms with Crippen molar-refractivity contribution in [1.29, 1.82) is 5.26 Å². The molecule has 8 aromatic rings. The molecule has 0 saturated heterocycles. The van der Waals surface area contributed by atoms with Gasteiger partial charge in [-0.15, -0.1) is 0 Å². The summed E-state index contributed by atoms with van der Waals surface area (Å²) < 4.78 is 8.39. The largest absolute Gasteiger partial charge is 0.456 e. The van der Waals surface area contributed by atoms with Crippen molar-refractivity contribution in [2.24, 2.45) is 0 Å². The van der Waals surface area contributed by atoms with Crippen LogP contribution >= 0.6 is 0 Å². The molecule has 40 heavy (non-hydrogen) atoms. The molecule has 0 aliphatic carbocycles. The van der Waals surface area contributed by atoms with E-state index >= 15 is 0 Å². The van der Waals surface area contributed by atoms with Crippen LogP contribution in [0.2, 0.25) is 0 Å². The zero-order valence-electron chi connectivity index (χ0n) is 21.5. The van der Waals surface area contributed by atoms with Crippen molar-refractivity contribution in [3.63, 3.8) is 0 Å².